The van der Waals surface area contributed by atoms with Crippen LogP contribution in [0.15, 0.2) is 18.2 Å². The van der Waals surface area contributed by atoms with Crippen molar-refractivity contribution in [2.75, 3.05) is 18.5 Å². The lowest BCUT2D eigenvalue weighted by molar-refractivity contribution is -0.121. The highest BCUT2D eigenvalue weighted by molar-refractivity contribution is 5.93. The van der Waals surface area contributed by atoms with E-state index in [2.05, 4.69) is 5.32 Å². The molecule has 4 heteroatoms. The van der Waals surface area contributed by atoms with Crippen LogP contribution in [-0.4, -0.2) is 19.1 Å². The third-order valence-corrected chi connectivity index (χ3v) is 4.88. The largest absolute Gasteiger partial charge is 0.486 e. The second kappa shape index (κ2) is 4.69. The summed E-state index contributed by atoms with van der Waals surface area (Å²) < 4.78 is 11.0. The summed E-state index contributed by atoms with van der Waals surface area (Å²) in [6.45, 7) is 1.15. The second-order valence-electron chi connectivity index (χ2n) is 6.13. The number of carbonyl (C=O) groups is 1. The maximum atomic E-state index is 12.4. The van der Waals surface area contributed by atoms with Gasteiger partial charge in [0.2, 0.25) is 5.91 Å². The first-order chi connectivity index (χ1) is 9.79. The van der Waals surface area contributed by atoms with Crippen molar-refractivity contribution in [3.05, 3.63) is 18.2 Å². The van der Waals surface area contributed by atoms with E-state index in [1.807, 2.05) is 18.2 Å². The van der Waals surface area contributed by atoms with Crippen LogP contribution in [0.1, 0.15) is 25.7 Å². The number of carbonyl (C=O) groups excluding carboxylic acids is 1. The molecule has 2 aliphatic carbocycles. The highest BCUT2D eigenvalue weighted by atomic mass is 16.6. The molecule has 3 atom stereocenters. The molecule has 0 unspecified atom stereocenters. The summed E-state index contributed by atoms with van der Waals surface area (Å²) in [6, 6.07) is 5.61. The average Bonchev–Trinajstić information content (AvgIpc) is 3.10. The zero-order valence-corrected chi connectivity index (χ0v) is 11.4. The van der Waals surface area contributed by atoms with Crippen LogP contribution in [0.5, 0.6) is 11.5 Å². The minimum absolute atomic E-state index is 0.175. The van der Waals surface area contributed by atoms with Crippen molar-refractivity contribution < 1.29 is 14.3 Å². The third-order valence-electron chi connectivity index (χ3n) is 4.88. The Morgan fingerprint density at radius 1 is 1.10 bits per heavy atom. The van der Waals surface area contributed by atoms with Gasteiger partial charge in [-0.1, -0.05) is 6.42 Å². The van der Waals surface area contributed by atoms with Gasteiger partial charge in [0.15, 0.2) is 11.5 Å². The molecule has 1 amide bonds. The van der Waals surface area contributed by atoms with E-state index in [0.717, 1.165) is 29.5 Å². The fourth-order valence-corrected chi connectivity index (χ4v) is 3.92. The van der Waals surface area contributed by atoms with Crippen molar-refractivity contribution in [3.63, 3.8) is 0 Å². The molecular weight excluding hydrogens is 254 g/mol. The SMILES string of the molecule is O=C(Nc1ccc2c(c1)OCCO2)[C@@H]1C[C@@H]2CC[C@@H]1C2. The topological polar surface area (TPSA) is 47.6 Å². The molecule has 1 aromatic carbocycles. The maximum absolute atomic E-state index is 12.4. The molecule has 2 saturated carbocycles. The molecule has 4 nitrogen and oxygen atoms in total. The second-order valence-corrected chi connectivity index (χ2v) is 6.13. The molecule has 1 N–H and O–H groups in total. The number of amides is 1. The van der Waals surface area contributed by atoms with Gasteiger partial charge in [-0.15, -0.1) is 0 Å². The van der Waals surface area contributed by atoms with Crippen LogP contribution in [0.4, 0.5) is 5.69 Å². The van der Waals surface area contributed by atoms with Crippen LogP contribution in [0.2, 0.25) is 0 Å². The molecule has 106 valence electrons. The summed E-state index contributed by atoms with van der Waals surface area (Å²) in [6.07, 6.45) is 4.86. The summed E-state index contributed by atoms with van der Waals surface area (Å²) in [4.78, 5) is 12.4. The Morgan fingerprint density at radius 3 is 2.70 bits per heavy atom. The Kier molecular flexibility index (Phi) is 2.83. The summed E-state index contributed by atoms with van der Waals surface area (Å²) in [5.74, 6) is 3.26. The minimum atomic E-state index is 0.175. The number of benzene rings is 1. The quantitative estimate of drug-likeness (QED) is 0.901. The van der Waals surface area contributed by atoms with E-state index in [-0.39, 0.29) is 11.8 Å². The normalized spacial score (nSPS) is 30.3. The van der Waals surface area contributed by atoms with E-state index in [0.29, 0.717) is 19.1 Å². The van der Waals surface area contributed by atoms with E-state index in [1.54, 1.807) is 0 Å². The van der Waals surface area contributed by atoms with Gasteiger partial charge in [-0.2, -0.15) is 0 Å². The number of fused-ring (bicyclic) bond motifs is 3. The molecule has 4 rings (SSSR count). The zero-order chi connectivity index (χ0) is 13.5. The van der Waals surface area contributed by atoms with Crippen molar-refractivity contribution in [2.24, 2.45) is 17.8 Å². The Balaban J connectivity index is 1.47. The molecule has 0 saturated heterocycles. The summed E-state index contributed by atoms with van der Waals surface area (Å²) in [5, 5.41) is 3.04. The van der Waals surface area contributed by atoms with Gasteiger partial charge in [0.05, 0.1) is 0 Å². The van der Waals surface area contributed by atoms with Crippen LogP contribution < -0.4 is 14.8 Å². The first kappa shape index (κ1) is 12.1. The first-order valence-electron chi connectivity index (χ1n) is 7.50. The van der Waals surface area contributed by atoms with Gasteiger partial charge in [0.1, 0.15) is 13.2 Å². The van der Waals surface area contributed by atoms with Crippen molar-refractivity contribution in [1.29, 1.82) is 0 Å². The lowest BCUT2D eigenvalue weighted by Gasteiger charge is -2.22. The van der Waals surface area contributed by atoms with Gasteiger partial charge < -0.3 is 14.8 Å². The molecule has 2 bridgehead atoms. The van der Waals surface area contributed by atoms with Crippen molar-refractivity contribution in [1.82, 2.24) is 0 Å². The van der Waals surface area contributed by atoms with E-state index in [9.17, 15) is 4.79 Å². The monoisotopic (exact) mass is 273 g/mol. The number of rotatable bonds is 2. The van der Waals surface area contributed by atoms with Crippen LogP contribution in [0.3, 0.4) is 0 Å². The highest BCUT2D eigenvalue weighted by Crippen LogP contribution is 2.48. The van der Waals surface area contributed by atoms with E-state index in [4.69, 9.17) is 9.47 Å². The van der Waals surface area contributed by atoms with Gasteiger partial charge >= 0.3 is 0 Å². The Bertz CT molecular complexity index is 543. The zero-order valence-electron chi connectivity index (χ0n) is 11.4. The number of anilines is 1. The highest BCUT2D eigenvalue weighted by Gasteiger charge is 2.43. The molecule has 0 radical (unpaired) electrons. The number of hydrogen-bond donors (Lipinski definition) is 1. The molecular formula is C16H19NO3. The van der Waals surface area contributed by atoms with Crippen LogP contribution >= 0.6 is 0 Å². The standard InChI is InChI=1S/C16H19NO3/c18-16(13-8-10-1-2-11(13)7-10)17-12-3-4-14-15(9-12)20-6-5-19-14/h3-4,9-11,13H,1-2,5-8H2,(H,17,18)/t10-,11-,13-/m1/s1. The van der Waals surface area contributed by atoms with E-state index < -0.39 is 0 Å². The van der Waals surface area contributed by atoms with Crippen molar-refractivity contribution in [3.8, 4) is 11.5 Å². The van der Waals surface area contributed by atoms with E-state index >= 15 is 0 Å². The van der Waals surface area contributed by atoms with Crippen molar-refractivity contribution >= 4 is 11.6 Å². The number of ether oxygens (including phenoxy) is 2. The molecule has 0 aromatic heterocycles. The predicted molar refractivity (Wildman–Crippen MR) is 75.0 cm³/mol. The fraction of sp³-hybridized carbons (Fsp3) is 0.562. The fourth-order valence-electron chi connectivity index (χ4n) is 3.92. The molecule has 0 spiro atoms. The molecule has 1 aliphatic heterocycles. The summed E-state index contributed by atoms with van der Waals surface area (Å²) >= 11 is 0. The molecule has 20 heavy (non-hydrogen) atoms. The average molecular weight is 273 g/mol. The van der Waals surface area contributed by atoms with Crippen LogP contribution in [0, 0.1) is 17.8 Å². The van der Waals surface area contributed by atoms with Gasteiger partial charge in [-0.25, -0.2) is 0 Å². The lowest BCUT2D eigenvalue weighted by atomic mass is 9.88. The molecule has 1 aromatic rings. The Morgan fingerprint density at radius 2 is 1.95 bits per heavy atom. The van der Waals surface area contributed by atoms with Gasteiger partial charge in [0.25, 0.3) is 0 Å². The smallest absolute Gasteiger partial charge is 0.227 e. The maximum Gasteiger partial charge on any atom is 0.227 e. The van der Waals surface area contributed by atoms with Crippen LogP contribution in [0.25, 0.3) is 0 Å². The summed E-state index contributed by atoms with van der Waals surface area (Å²) in [5.41, 5.74) is 0.807. The summed E-state index contributed by atoms with van der Waals surface area (Å²) in [7, 11) is 0. The van der Waals surface area contributed by atoms with Gasteiger partial charge in [-0.05, 0) is 43.2 Å². The number of nitrogens with one attached hydrogen (secondary N) is 1. The van der Waals surface area contributed by atoms with E-state index in [1.165, 1.54) is 19.3 Å². The van der Waals surface area contributed by atoms with Gasteiger partial charge in [0, 0.05) is 17.7 Å². The number of hydrogen-bond acceptors (Lipinski definition) is 3. The van der Waals surface area contributed by atoms with Crippen LogP contribution in [-0.2, 0) is 4.79 Å². The Hall–Kier alpha value is -1.71. The lowest BCUT2D eigenvalue weighted by Crippen LogP contribution is -2.27. The minimum Gasteiger partial charge on any atom is -0.486 e. The molecule has 2 fully saturated rings. The predicted octanol–water partition coefficient (Wildman–Crippen LogP) is 2.83. The molecule has 1 heterocycles. The van der Waals surface area contributed by atoms with Gasteiger partial charge in [-0.3, -0.25) is 4.79 Å². The Labute approximate surface area is 118 Å². The first-order valence-corrected chi connectivity index (χ1v) is 7.50. The third kappa shape index (κ3) is 2.03. The molecule has 3 aliphatic rings. The van der Waals surface area contributed by atoms with Crippen molar-refractivity contribution in [2.45, 2.75) is 25.7 Å².